The van der Waals surface area contributed by atoms with Crippen LogP contribution in [0, 0.1) is 10.1 Å². The molecule has 7 nitrogen and oxygen atoms in total. The SMILES string of the molecule is CO.O=[N+]([O-])C(O)C(O)CO. The second kappa shape index (κ2) is 7.35. The Bertz CT molecular complexity index is 107. The molecule has 11 heavy (non-hydrogen) atoms. The lowest BCUT2D eigenvalue weighted by Gasteiger charge is -2.05. The van der Waals surface area contributed by atoms with Crippen molar-refractivity contribution in [2.75, 3.05) is 13.7 Å². The molecule has 0 aromatic rings. The number of rotatable bonds is 3. The quantitative estimate of drug-likeness (QED) is 0.211. The summed E-state index contributed by atoms with van der Waals surface area (Å²) in [5.74, 6) is 0. The molecule has 2 unspecified atom stereocenters. The molecule has 0 aromatic heterocycles. The Morgan fingerprint density at radius 1 is 1.45 bits per heavy atom. The van der Waals surface area contributed by atoms with Crippen LogP contribution in [0.25, 0.3) is 0 Å². The minimum Gasteiger partial charge on any atom is -0.400 e. The minimum absolute atomic E-state index is 0.817. The van der Waals surface area contributed by atoms with Gasteiger partial charge in [0.05, 0.1) is 11.5 Å². The van der Waals surface area contributed by atoms with Crippen LogP contribution < -0.4 is 0 Å². The van der Waals surface area contributed by atoms with Gasteiger partial charge >= 0.3 is 6.23 Å². The average Bonchev–Trinajstić information content (AvgIpc) is 2.05. The van der Waals surface area contributed by atoms with Gasteiger partial charge in [0.1, 0.15) is 0 Å². The predicted molar refractivity (Wildman–Crippen MR) is 34.2 cm³/mol. The van der Waals surface area contributed by atoms with Crippen LogP contribution in [0.5, 0.6) is 0 Å². The molecule has 0 fully saturated rings. The Hall–Kier alpha value is -0.760. The van der Waals surface area contributed by atoms with E-state index in [-0.39, 0.29) is 0 Å². The molecule has 0 aliphatic rings. The summed E-state index contributed by atoms with van der Waals surface area (Å²) in [4.78, 5) is 8.50. The fraction of sp³-hybridized carbons (Fsp3) is 1.00. The summed E-state index contributed by atoms with van der Waals surface area (Å²) in [7, 11) is 1.00. The second-order valence-electron chi connectivity index (χ2n) is 1.45. The summed E-state index contributed by atoms with van der Waals surface area (Å²) in [6.07, 6.45) is -3.78. The number of nitrogens with zero attached hydrogens (tertiary/aromatic N) is 1. The third-order valence-corrected chi connectivity index (χ3v) is 0.747. The topological polar surface area (TPSA) is 124 Å². The van der Waals surface area contributed by atoms with E-state index in [1.54, 1.807) is 0 Å². The van der Waals surface area contributed by atoms with E-state index in [2.05, 4.69) is 0 Å². The molecule has 0 heterocycles. The lowest BCUT2D eigenvalue weighted by molar-refractivity contribution is -0.583. The van der Waals surface area contributed by atoms with Crippen LogP contribution in [-0.2, 0) is 0 Å². The molecule has 0 radical (unpaired) electrons. The molecule has 68 valence electrons. The summed E-state index contributed by atoms with van der Waals surface area (Å²) in [6, 6.07) is 0. The lowest BCUT2D eigenvalue weighted by atomic mass is 10.3. The smallest absolute Gasteiger partial charge is 0.341 e. The fourth-order valence-electron chi connectivity index (χ4n) is 0.235. The highest BCUT2D eigenvalue weighted by Crippen LogP contribution is 1.91. The largest absolute Gasteiger partial charge is 0.400 e. The van der Waals surface area contributed by atoms with Gasteiger partial charge in [-0.25, -0.2) is 0 Å². The molecule has 0 aromatic carbocycles. The molecule has 0 saturated heterocycles. The lowest BCUT2D eigenvalue weighted by Crippen LogP contribution is -2.35. The summed E-state index contributed by atoms with van der Waals surface area (Å²) in [5.41, 5.74) is 0. The number of hydrogen-bond donors (Lipinski definition) is 4. The predicted octanol–water partition coefficient (Wildman–Crippen LogP) is -2.46. The molecule has 2 atom stereocenters. The zero-order valence-corrected chi connectivity index (χ0v) is 5.91. The standard InChI is InChI=1S/C3H7NO5.CH4O/c5-1-2(6)3(7)4(8)9;1-2/h2-3,5-7H,1H2;2H,1H3. The maximum absolute atomic E-state index is 9.58. The molecule has 7 heteroatoms. The van der Waals surface area contributed by atoms with Gasteiger partial charge in [0.15, 0.2) is 6.10 Å². The van der Waals surface area contributed by atoms with Gasteiger partial charge in [-0.2, -0.15) is 0 Å². The van der Waals surface area contributed by atoms with Gasteiger partial charge in [0, 0.05) is 7.11 Å². The van der Waals surface area contributed by atoms with E-state index in [9.17, 15) is 10.1 Å². The van der Waals surface area contributed by atoms with Crippen molar-refractivity contribution in [3.05, 3.63) is 10.1 Å². The average molecular weight is 169 g/mol. The van der Waals surface area contributed by atoms with Crippen LogP contribution in [0.1, 0.15) is 0 Å². The highest BCUT2D eigenvalue weighted by molar-refractivity contribution is 4.52. The van der Waals surface area contributed by atoms with Crippen molar-refractivity contribution in [1.82, 2.24) is 0 Å². The maximum atomic E-state index is 9.58. The van der Waals surface area contributed by atoms with Crippen molar-refractivity contribution in [3.63, 3.8) is 0 Å². The summed E-state index contributed by atoms with van der Waals surface area (Å²) >= 11 is 0. The van der Waals surface area contributed by atoms with Crippen molar-refractivity contribution < 1.29 is 25.3 Å². The molecule has 0 aliphatic carbocycles. The third-order valence-electron chi connectivity index (χ3n) is 0.747. The van der Waals surface area contributed by atoms with Gasteiger partial charge < -0.3 is 20.4 Å². The molecule has 0 saturated carbocycles. The first-order valence-corrected chi connectivity index (χ1v) is 2.64. The first kappa shape index (κ1) is 12.9. The zero-order chi connectivity index (χ0) is 9.44. The normalized spacial score (nSPS) is 14.3. The van der Waals surface area contributed by atoms with E-state index in [1.807, 2.05) is 0 Å². The summed E-state index contributed by atoms with van der Waals surface area (Å²) in [6.45, 7) is -0.817. The van der Waals surface area contributed by atoms with E-state index in [0.29, 0.717) is 0 Å². The van der Waals surface area contributed by atoms with Crippen LogP contribution in [0.2, 0.25) is 0 Å². The Labute approximate surface area is 62.7 Å². The second-order valence-corrected chi connectivity index (χ2v) is 1.45. The van der Waals surface area contributed by atoms with E-state index in [0.717, 1.165) is 7.11 Å². The van der Waals surface area contributed by atoms with Crippen molar-refractivity contribution >= 4 is 0 Å². The Balaban J connectivity index is 0. The van der Waals surface area contributed by atoms with E-state index in [1.165, 1.54) is 0 Å². The maximum Gasteiger partial charge on any atom is 0.341 e. The zero-order valence-electron chi connectivity index (χ0n) is 5.91. The minimum atomic E-state index is -2.09. The first-order valence-electron chi connectivity index (χ1n) is 2.64. The molecule has 0 bridgehead atoms. The summed E-state index contributed by atoms with van der Waals surface area (Å²) in [5, 5.41) is 41.3. The number of aliphatic hydroxyl groups is 4. The van der Waals surface area contributed by atoms with Crippen molar-refractivity contribution in [1.29, 1.82) is 0 Å². The van der Waals surface area contributed by atoms with Gasteiger partial charge in [-0.3, -0.25) is 10.1 Å². The first-order chi connectivity index (χ1) is 5.09. The van der Waals surface area contributed by atoms with Crippen molar-refractivity contribution in [2.24, 2.45) is 0 Å². The summed E-state index contributed by atoms with van der Waals surface area (Å²) < 4.78 is 0. The molecule has 0 spiro atoms. The Kier molecular flexibility index (Phi) is 8.60. The van der Waals surface area contributed by atoms with Gasteiger partial charge in [0.25, 0.3) is 0 Å². The van der Waals surface area contributed by atoms with Crippen LogP contribution in [-0.4, -0.2) is 51.4 Å². The van der Waals surface area contributed by atoms with Crippen molar-refractivity contribution in [3.8, 4) is 0 Å². The Morgan fingerprint density at radius 2 is 1.82 bits per heavy atom. The molecular weight excluding hydrogens is 158 g/mol. The van der Waals surface area contributed by atoms with Crippen LogP contribution in [0.15, 0.2) is 0 Å². The van der Waals surface area contributed by atoms with Gasteiger partial charge in [-0.15, -0.1) is 0 Å². The fourth-order valence-corrected chi connectivity index (χ4v) is 0.235. The molecular formula is C4H11NO6. The highest BCUT2D eigenvalue weighted by Gasteiger charge is 2.25. The van der Waals surface area contributed by atoms with Crippen LogP contribution in [0.4, 0.5) is 0 Å². The Morgan fingerprint density at radius 3 is 1.91 bits per heavy atom. The molecule has 0 amide bonds. The molecule has 4 N–H and O–H groups in total. The van der Waals surface area contributed by atoms with Gasteiger partial charge in [0.2, 0.25) is 0 Å². The number of nitro groups is 1. The molecule has 0 rings (SSSR count). The van der Waals surface area contributed by atoms with Crippen LogP contribution in [0.3, 0.4) is 0 Å². The van der Waals surface area contributed by atoms with Crippen LogP contribution >= 0.6 is 0 Å². The third kappa shape index (κ3) is 5.67. The van der Waals surface area contributed by atoms with E-state index in [4.69, 9.17) is 20.4 Å². The monoisotopic (exact) mass is 169 g/mol. The van der Waals surface area contributed by atoms with E-state index < -0.39 is 23.9 Å². The number of aliphatic hydroxyl groups excluding tert-OH is 4. The van der Waals surface area contributed by atoms with Crippen molar-refractivity contribution in [2.45, 2.75) is 12.3 Å². The highest BCUT2D eigenvalue weighted by atomic mass is 16.7. The van der Waals surface area contributed by atoms with Gasteiger partial charge in [-0.05, 0) is 0 Å². The molecule has 0 aliphatic heterocycles. The number of hydrogen-bond acceptors (Lipinski definition) is 6. The van der Waals surface area contributed by atoms with Gasteiger partial charge in [-0.1, -0.05) is 0 Å². The van der Waals surface area contributed by atoms with E-state index >= 15 is 0 Å².